The third-order valence-corrected chi connectivity index (χ3v) is 7.25. The number of amides is 1. The summed E-state index contributed by atoms with van der Waals surface area (Å²) in [5, 5.41) is 3.07. The number of benzene rings is 2. The lowest BCUT2D eigenvalue weighted by atomic mass is 9.97. The van der Waals surface area contributed by atoms with Crippen LogP contribution in [-0.4, -0.2) is 31.7 Å². The fourth-order valence-corrected chi connectivity index (χ4v) is 5.23. The Morgan fingerprint density at radius 3 is 2.29 bits per heavy atom. The number of hydrogen-bond donors (Lipinski definition) is 1. The third-order valence-electron chi connectivity index (χ3n) is 5.33. The molecular formula is C22H28N2O3S. The lowest BCUT2D eigenvalue weighted by Crippen LogP contribution is -2.29. The molecule has 1 atom stereocenters. The van der Waals surface area contributed by atoms with Crippen molar-refractivity contribution in [2.75, 3.05) is 13.1 Å². The first kappa shape index (κ1) is 20.6. The van der Waals surface area contributed by atoms with Gasteiger partial charge in [0, 0.05) is 18.7 Å². The Hall–Kier alpha value is -2.18. The molecule has 0 unspecified atom stereocenters. The molecule has 2 aromatic carbocycles. The number of sulfonamides is 1. The van der Waals surface area contributed by atoms with Gasteiger partial charge >= 0.3 is 0 Å². The number of nitrogens with one attached hydrogen (secondary N) is 1. The molecule has 28 heavy (non-hydrogen) atoms. The van der Waals surface area contributed by atoms with Crippen molar-refractivity contribution in [1.29, 1.82) is 0 Å². The fourth-order valence-electron chi connectivity index (χ4n) is 3.71. The van der Waals surface area contributed by atoms with Crippen LogP contribution in [0.1, 0.15) is 59.3 Å². The number of nitrogens with zero attached hydrogens (tertiary/aromatic N) is 1. The molecule has 0 spiro atoms. The summed E-state index contributed by atoms with van der Waals surface area (Å²) >= 11 is 0. The zero-order valence-electron chi connectivity index (χ0n) is 16.7. The quantitative estimate of drug-likeness (QED) is 0.798. The summed E-state index contributed by atoms with van der Waals surface area (Å²) in [7, 11) is -3.46. The van der Waals surface area contributed by atoms with E-state index in [1.54, 1.807) is 12.1 Å². The molecule has 1 aliphatic rings. The van der Waals surface area contributed by atoms with Gasteiger partial charge in [0.15, 0.2) is 0 Å². The van der Waals surface area contributed by atoms with Gasteiger partial charge < -0.3 is 5.32 Å². The summed E-state index contributed by atoms with van der Waals surface area (Å²) < 4.78 is 26.7. The van der Waals surface area contributed by atoms with Crippen molar-refractivity contribution in [3.05, 3.63) is 64.7 Å². The van der Waals surface area contributed by atoms with Crippen LogP contribution in [0, 0.1) is 13.8 Å². The number of carbonyl (C=O) groups excluding carboxylic acids is 1. The Morgan fingerprint density at radius 1 is 1.07 bits per heavy atom. The van der Waals surface area contributed by atoms with Gasteiger partial charge in [0.05, 0.1) is 10.9 Å². The Morgan fingerprint density at radius 2 is 1.71 bits per heavy atom. The topological polar surface area (TPSA) is 66.5 Å². The van der Waals surface area contributed by atoms with E-state index in [-0.39, 0.29) is 16.8 Å². The van der Waals surface area contributed by atoms with Crippen molar-refractivity contribution in [3.63, 3.8) is 0 Å². The predicted molar refractivity (Wildman–Crippen MR) is 111 cm³/mol. The van der Waals surface area contributed by atoms with E-state index in [4.69, 9.17) is 0 Å². The average molecular weight is 401 g/mol. The van der Waals surface area contributed by atoms with Crippen molar-refractivity contribution < 1.29 is 13.2 Å². The molecule has 150 valence electrons. The van der Waals surface area contributed by atoms with Crippen molar-refractivity contribution >= 4 is 15.9 Å². The van der Waals surface area contributed by atoms with Gasteiger partial charge in [-0.1, -0.05) is 30.7 Å². The second-order valence-corrected chi connectivity index (χ2v) is 9.37. The van der Waals surface area contributed by atoms with Crippen LogP contribution >= 0.6 is 0 Å². The molecule has 1 fully saturated rings. The maximum atomic E-state index is 12.7. The molecule has 1 heterocycles. The molecule has 1 saturated heterocycles. The van der Waals surface area contributed by atoms with Crippen molar-refractivity contribution in [1.82, 2.24) is 9.62 Å². The molecule has 0 aromatic heterocycles. The van der Waals surface area contributed by atoms with Crippen LogP contribution in [0.2, 0.25) is 0 Å². The summed E-state index contributed by atoms with van der Waals surface area (Å²) in [4.78, 5) is 13.0. The second-order valence-electron chi connectivity index (χ2n) is 7.43. The maximum Gasteiger partial charge on any atom is 0.251 e. The van der Waals surface area contributed by atoms with Crippen LogP contribution in [0.15, 0.2) is 47.4 Å². The number of rotatable bonds is 6. The van der Waals surface area contributed by atoms with Gasteiger partial charge in [0.2, 0.25) is 10.0 Å². The first-order valence-electron chi connectivity index (χ1n) is 9.81. The van der Waals surface area contributed by atoms with Gasteiger partial charge in [0.25, 0.3) is 5.91 Å². The van der Waals surface area contributed by atoms with E-state index in [0.717, 1.165) is 30.4 Å². The SMILES string of the molecule is CC[C@@H](NC(=O)c1ccc(S(=O)(=O)N2CCCC2)cc1)c1ccc(C)cc1C. The highest BCUT2D eigenvalue weighted by molar-refractivity contribution is 7.89. The van der Waals surface area contributed by atoms with Crippen molar-refractivity contribution in [2.45, 2.75) is 51.0 Å². The van der Waals surface area contributed by atoms with Crippen molar-refractivity contribution in [2.24, 2.45) is 0 Å². The lowest BCUT2D eigenvalue weighted by Gasteiger charge is -2.20. The summed E-state index contributed by atoms with van der Waals surface area (Å²) in [6.07, 6.45) is 2.57. The van der Waals surface area contributed by atoms with E-state index in [1.807, 2.05) is 13.8 Å². The van der Waals surface area contributed by atoms with E-state index in [9.17, 15) is 13.2 Å². The highest BCUT2D eigenvalue weighted by Crippen LogP contribution is 2.23. The number of aryl methyl sites for hydroxylation is 2. The van der Waals surface area contributed by atoms with E-state index < -0.39 is 10.0 Å². The van der Waals surface area contributed by atoms with Gasteiger partial charge in [-0.3, -0.25) is 4.79 Å². The Balaban J connectivity index is 1.75. The minimum atomic E-state index is -3.46. The maximum absolute atomic E-state index is 12.7. The highest BCUT2D eigenvalue weighted by Gasteiger charge is 2.27. The van der Waals surface area contributed by atoms with Crippen LogP contribution in [0.4, 0.5) is 0 Å². The summed E-state index contributed by atoms with van der Waals surface area (Å²) in [5.41, 5.74) is 3.91. The van der Waals surface area contributed by atoms with E-state index in [2.05, 4.69) is 30.4 Å². The summed E-state index contributed by atoms with van der Waals surface area (Å²) in [5.74, 6) is -0.197. The number of hydrogen-bond acceptors (Lipinski definition) is 3. The predicted octanol–water partition coefficient (Wildman–Crippen LogP) is 3.97. The van der Waals surface area contributed by atoms with Crippen LogP contribution in [0.5, 0.6) is 0 Å². The van der Waals surface area contributed by atoms with E-state index >= 15 is 0 Å². The van der Waals surface area contributed by atoms with Gasteiger partial charge in [-0.15, -0.1) is 0 Å². The second kappa shape index (κ2) is 8.45. The van der Waals surface area contributed by atoms with Gasteiger partial charge in [0.1, 0.15) is 0 Å². The Labute approximate surface area is 167 Å². The third kappa shape index (κ3) is 4.28. The van der Waals surface area contributed by atoms with Crippen LogP contribution in [0.3, 0.4) is 0 Å². The Kier molecular flexibility index (Phi) is 6.20. The molecule has 0 radical (unpaired) electrons. The number of carbonyl (C=O) groups is 1. The van der Waals surface area contributed by atoms with E-state index in [1.165, 1.54) is 22.0 Å². The van der Waals surface area contributed by atoms with Gasteiger partial charge in [-0.05, 0) is 68.5 Å². The minimum Gasteiger partial charge on any atom is -0.345 e. The molecule has 1 amide bonds. The monoisotopic (exact) mass is 400 g/mol. The molecule has 0 aliphatic carbocycles. The molecule has 1 N–H and O–H groups in total. The highest BCUT2D eigenvalue weighted by atomic mass is 32.2. The zero-order chi connectivity index (χ0) is 20.3. The lowest BCUT2D eigenvalue weighted by molar-refractivity contribution is 0.0935. The van der Waals surface area contributed by atoms with Crippen LogP contribution < -0.4 is 5.32 Å². The van der Waals surface area contributed by atoms with Crippen molar-refractivity contribution in [3.8, 4) is 0 Å². The molecule has 2 aromatic rings. The molecule has 1 aliphatic heterocycles. The first-order valence-corrected chi connectivity index (χ1v) is 11.2. The Bertz CT molecular complexity index is 946. The molecule has 6 heteroatoms. The molecule has 5 nitrogen and oxygen atoms in total. The molecule has 3 rings (SSSR count). The van der Waals surface area contributed by atoms with Crippen LogP contribution in [-0.2, 0) is 10.0 Å². The largest absolute Gasteiger partial charge is 0.345 e. The van der Waals surface area contributed by atoms with Crippen LogP contribution in [0.25, 0.3) is 0 Å². The molecule has 0 bridgehead atoms. The van der Waals surface area contributed by atoms with Gasteiger partial charge in [-0.2, -0.15) is 4.31 Å². The molecule has 0 saturated carbocycles. The fraction of sp³-hybridized carbons (Fsp3) is 0.409. The standard InChI is InChI=1S/C22H28N2O3S/c1-4-21(20-12-7-16(2)15-17(20)3)23-22(25)18-8-10-19(11-9-18)28(26,27)24-13-5-6-14-24/h7-12,15,21H,4-6,13-14H2,1-3H3,(H,23,25)/t21-/m1/s1. The molecular weight excluding hydrogens is 372 g/mol. The first-order chi connectivity index (χ1) is 13.3. The van der Waals surface area contributed by atoms with E-state index in [0.29, 0.717) is 18.7 Å². The zero-order valence-corrected chi connectivity index (χ0v) is 17.6. The smallest absolute Gasteiger partial charge is 0.251 e. The summed E-state index contributed by atoms with van der Waals surface area (Å²) in [6.45, 7) is 7.27. The minimum absolute atomic E-state index is 0.0823. The average Bonchev–Trinajstić information content (AvgIpc) is 3.22. The normalized spacial score (nSPS) is 16.1. The summed E-state index contributed by atoms with van der Waals surface area (Å²) in [6, 6.07) is 12.4. The van der Waals surface area contributed by atoms with Gasteiger partial charge in [-0.25, -0.2) is 8.42 Å².